The highest BCUT2D eigenvalue weighted by Crippen LogP contribution is 2.20. The summed E-state index contributed by atoms with van der Waals surface area (Å²) in [7, 11) is 1.57. The molecule has 0 fully saturated rings. The van der Waals surface area contributed by atoms with Crippen LogP contribution in [-0.4, -0.2) is 24.4 Å². The van der Waals surface area contributed by atoms with Gasteiger partial charge < -0.3 is 9.47 Å². The molecule has 0 aliphatic carbocycles. The minimum atomic E-state index is -1.25. The van der Waals surface area contributed by atoms with Gasteiger partial charge in [-0.15, -0.1) is 0 Å². The number of rotatable bonds is 6. The van der Waals surface area contributed by atoms with Crippen molar-refractivity contribution in [2.24, 2.45) is 0 Å². The first-order chi connectivity index (χ1) is 7.63. The summed E-state index contributed by atoms with van der Waals surface area (Å²) < 4.78 is 26.0. The molecule has 0 aliphatic heterocycles. The molecule has 0 aliphatic rings. The SMILES string of the molecule is COCOc1cc(COS(C)=O)ccc1C. The van der Waals surface area contributed by atoms with Crippen molar-refractivity contribution in [3.05, 3.63) is 29.3 Å². The third-order valence-corrected chi connectivity index (χ3v) is 2.43. The van der Waals surface area contributed by atoms with Gasteiger partial charge in [0, 0.05) is 13.4 Å². The van der Waals surface area contributed by atoms with E-state index in [4.69, 9.17) is 13.7 Å². The average Bonchev–Trinajstić information content (AvgIpc) is 2.26. The van der Waals surface area contributed by atoms with Crippen molar-refractivity contribution < 1.29 is 17.9 Å². The summed E-state index contributed by atoms with van der Waals surface area (Å²) in [4.78, 5) is 0. The first-order valence-corrected chi connectivity index (χ1v) is 6.29. The van der Waals surface area contributed by atoms with Gasteiger partial charge in [0.15, 0.2) is 17.9 Å². The molecular weight excluding hydrogens is 228 g/mol. The van der Waals surface area contributed by atoms with E-state index >= 15 is 0 Å². The minimum absolute atomic E-state index is 0.213. The monoisotopic (exact) mass is 244 g/mol. The summed E-state index contributed by atoms with van der Waals surface area (Å²) >= 11 is -1.25. The smallest absolute Gasteiger partial charge is 0.188 e. The van der Waals surface area contributed by atoms with Crippen LogP contribution in [0.15, 0.2) is 18.2 Å². The Morgan fingerprint density at radius 2 is 2.12 bits per heavy atom. The molecule has 0 N–H and O–H groups in total. The molecule has 0 aromatic heterocycles. The van der Waals surface area contributed by atoms with E-state index in [9.17, 15) is 4.21 Å². The molecule has 0 bridgehead atoms. The van der Waals surface area contributed by atoms with E-state index in [1.54, 1.807) is 7.11 Å². The lowest BCUT2D eigenvalue weighted by molar-refractivity contribution is 0.0505. The largest absolute Gasteiger partial charge is 0.467 e. The van der Waals surface area contributed by atoms with E-state index in [1.165, 1.54) is 6.26 Å². The zero-order chi connectivity index (χ0) is 12.0. The molecule has 1 rings (SSSR count). The number of hydrogen-bond acceptors (Lipinski definition) is 4. The molecular formula is C11H16O4S. The fraction of sp³-hybridized carbons (Fsp3) is 0.455. The van der Waals surface area contributed by atoms with E-state index in [1.807, 2.05) is 25.1 Å². The first-order valence-electron chi connectivity index (χ1n) is 4.81. The second-order valence-corrected chi connectivity index (χ2v) is 4.35. The summed E-state index contributed by atoms with van der Waals surface area (Å²) in [5.74, 6) is 0.754. The van der Waals surface area contributed by atoms with Crippen molar-refractivity contribution in [3.8, 4) is 5.75 Å². The van der Waals surface area contributed by atoms with Crippen molar-refractivity contribution in [1.82, 2.24) is 0 Å². The predicted octanol–water partition coefficient (Wildman–Crippen LogP) is 1.79. The van der Waals surface area contributed by atoms with Crippen molar-refractivity contribution in [2.75, 3.05) is 20.2 Å². The molecule has 0 saturated heterocycles. The summed E-state index contributed by atoms with van der Waals surface area (Å²) in [6.45, 7) is 2.48. The molecule has 1 aromatic rings. The Labute approximate surface area is 98.2 Å². The topological polar surface area (TPSA) is 44.8 Å². The number of aryl methyl sites for hydroxylation is 1. The zero-order valence-electron chi connectivity index (χ0n) is 9.69. The van der Waals surface area contributed by atoms with Crippen molar-refractivity contribution >= 4 is 11.1 Å². The van der Waals surface area contributed by atoms with E-state index < -0.39 is 11.1 Å². The third kappa shape index (κ3) is 4.30. The van der Waals surface area contributed by atoms with Crippen LogP contribution in [0.5, 0.6) is 5.75 Å². The molecule has 4 nitrogen and oxygen atoms in total. The van der Waals surface area contributed by atoms with Crippen LogP contribution in [0.2, 0.25) is 0 Å². The molecule has 16 heavy (non-hydrogen) atoms. The highest BCUT2D eigenvalue weighted by Gasteiger charge is 2.02. The summed E-state index contributed by atoms with van der Waals surface area (Å²) in [6.07, 6.45) is 1.50. The van der Waals surface area contributed by atoms with Gasteiger partial charge in [-0.3, -0.25) is 4.18 Å². The fourth-order valence-corrected chi connectivity index (χ4v) is 1.47. The second kappa shape index (κ2) is 6.62. The van der Waals surface area contributed by atoms with Gasteiger partial charge >= 0.3 is 0 Å². The van der Waals surface area contributed by atoms with Crippen LogP contribution in [0.25, 0.3) is 0 Å². The van der Waals surface area contributed by atoms with Crippen molar-refractivity contribution in [3.63, 3.8) is 0 Å². The Balaban J connectivity index is 2.68. The van der Waals surface area contributed by atoms with Gasteiger partial charge in [0.25, 0.3) is 0 Å². The maximum Gasteiger partial charge on any atom is 0.188 e. The van der Waals surface area contributed by atoms with Gasteiger partial charge in [-0.2, -0.15) is 0 Å². The maximum absolute atomic E-state index is 10.8. The second-order valence-electron chi connectivity index (χ2n) is 3.31. The lowest BCUT2D eigenvalue weighted by Crippen LogP contribution is -2.02. The quantitative estimate of drug-likeness (QED) is 0.716. The van der Waals surface area contributed by atoms with Gasteiger partial charge in [0.1, 0.15) is 5.75 Å². The average molecular weight is 244 g/mol. The van der Waals surface area contributed by atoms with Gasteiger partial charge in [-0.05, 0) is 24.1 Å². The lowest BCUT2D eigenvalue weighted by atomic mass is 10.1. The molecule has 5 heteroatoms. The molecule has 1 aromatic carbocycles. The van der Waals surface area contributed by atoms with E-state index in [0.717, 1.165) is 16.9 Å². The van der Waals surface area contributed by atoms with Crippen LogP contribution in [-0.2, 0) is 26.6 Å². The Bertz CT molecular complexity index is 365. The molecule has 0 radical (unpaired) electrons. The van der Waals surface area contributed by atoms with Crippen LogP contribution in [0, 0.1) is 6.92 Å². The summed E-state index contributed by atoms with van der Waals surface area (Å²) in [5.41, 5.74) is 1.95. The third-order valence-electron chi connectivity index (χ3n) is 1.98. The van der Waals surface area contributed by atoms with Crippen molar-refractivity contribution in [1.29, 1.82) is 0 Å². The van der Waals surface area contributed by atoms with E-state index in [2.05, 4.69) is 0 Å². The van der Waals surface area contributed by atoms with Gasteiger partial charge in [-0.25, -0.2) is 4.21 Å². The number of benzene rings is 1. The Kier molecular flexibility index (Phi) is 5.45. The summed E-state index contributed by atoms with van der Waals surface area (Å²) in [6, 6.07) is 5.71. The Morgan fingerprint density at radius 3 is 2.75 bits per heavy atom. The molecule has 0 spiro atoms. The van der Waals surface area contributed by atoms with Crippen molar-refractivity contribution in [2.45, 2.75) is 13.5 Å². The Hall–Kier alpha value is -0.910. The molecule has 1 atom stereocenters. The highest BCUT2D eigenvalue weighted by molar-refractivity contribution is 7.79. The van der Waals surface area contributed by atoms with Gasteiger partial charge in [0.2, 0.25) is 0 Å². The van der Waals surface area contributed by atoms with Crippen LogP contribution in [0.4, 0.5) is 0 Å². The van der Waals surface area contributed by atoms with Gasteiger partial charge in [-0.1, -0.05) is 12.1 Å². The van der Waals surface area contributed by atoms with Gasteiger partial charge in [0.05, 0.1) is 6.61 Å². The first kappa shape index (κ1) is 13.2. The zero-order valence-corrected chi connectivity index (χ0v) is 10.5. The predicted molar refractivity (Wildman–Crippen MR) is 62.5 cm³/mol. The van der Waals surface area contributed by atoms with E-state index in [0.29, 0.717) is 6.61 Å². The van der Waals surface area contributed by atoms with Crippen LogP contribution in [0.1, 0.15) is 11.1 Å². The molecule has 1 unspecified atom stereocenters. The molecule has 90 valence electrons. The molecule has 0 amide bonds. The standard InChI is InChI=1S/C11H16O4S/c1-9-4-5-10(7-15-16(3)12)6-11(9)14-8-13-2/h4-6H,7-8H2,1-3H3. The van der Waals surface area contributed by atoms with E-state index in [-0.39, 0.29) is 6.79 Å². The Morgan fingerprint density at radius 1 is 1.38 bits per heavy atom. The number of hydrogen-bond donors (Lipinski definition) is 0. The number of ether oxygens (including phenoxy) is 2. The lowest BCUT2D eigenvalue weighted by Gasteiger charge is -2.09. The van der Waals surface area contributed by atoms with Crippen LogP contribution >= 0.6 is 0 Å². The normalized spacial score (nSPS) is 12.4. The maximum atomic E-state index is 10.8. The van der Waals surface area contributed by atoms with Crippen LogP contribution < -0.4 is 4.74 Å². The highest BCUT2D eigenvalue weighted by atomic mass is 32.2. The van der Waals surface area contributed by atoms with Crippen LogP contribution in [0.3, 0.4) is 0 Å². The summed E-state index contributed by atoms with van der Waals surface area (Å²) in [5, 5.41) is 0. The molecule has 0 saturated carbocycles. The fourth-order valence-electron chi connectivity index (χ4n) is 1.16. The minimum Gasteiger partial charge on any atom is -0.467 e. The number of methoxy groups -OCH3 is 1. The molecule has 0 heterocycles.